The van der Waals surface area contributed by atoms with Gasteiger partial charge in [-0.25, -0.2) is 4.98 Å². The van der Waals surface area contributed by atoms with Gasteiger partial charge in [0.05, 0.1) is 24.9 Å². The molecule has 3 heterocycles. The van der Waals surface area contributed by atoms with Crippen LogP contribution in [0.2, 0.25) is 5.02 Å². The van der Waals surface area contributed by atoms with Crippen molar-refractivity contribution in [1.29, 1.82) is 0 Å². The van der Waals surface area contributed by atoms with Gasteiger partial charge in [0, 0.05) is 62.6 Å². The Morgan fingerprint density at radius 1 is 1.11 bits per heavy atom. The maximum Gasteiger partial charge on any atom is 0.143 e. The number of piperazine rings is 1. The van der Waals surface area contributed by atoms with Crippen molar-refractivity contribution >= 4 is 28.3 Å². The molecule has 27 heavy (non-hydrogen) atoms. The predicted octanol–water partition coefficient (Wildman–Crippen LogP) is 3.56. The van der Waals surface area contributed by atoms with Gasteiger partial charge >= 0.3 is 0 Å². The van der Waals surface area contributed by atoms with E-state index in [1.165, 1.54) is 10.9 Å². The molecule has 1 aliphatic rings. The van der Waals surface area contributed by atoms with E-state index in [9.17, 15) is 0 Å². The molecule has 0 unspecified atom stereocenters. The molecule has 0 aliphatic carbocycles. The lowest BCUT2D eigenvalue weighted by Gasteiger charge is -2.36. The van der Waals surface area contributed by atoms with Crippen LogP contribution >= 0.6 is 11.6 Å². The van der Waals surface area contributed by atoms with Gasteiger partial charge in [0.2, 0.25) is 0 Å². The van der Waals surface area contributed by atoms with Crippen LogP contribution in [-0.4, -0.2) is 55.3 Å². The molecule has 1 fully saturated rings. The molecule has 142 valence electrons. The number of H-pyrrole nitrogens is 1. The minimum Gasteiger partial charge on any atom is -0.495 e. The zero-order valence-corrected chi connectivity index (χ0v) is 16.3. The van der Waals surface area contributed by atoms with Gasteiger partial charge in [-0.3, -0.25) is 4.90 Å². The molecule has 3 aromatic rings. The summed E-state index contributed by atoms with van der Waals surface area (Å²) in [5.41, 5.74) is 3.26. The highest BCUT2D eigenvalue weighted by molar-refractivity contribution is 6.32. The van der Waals surface area contributed by atoms with E-state index in [1.807, 2.05) is 24.4 Å². The van der Waals surface area contributed by atoms with E-state index in [4.69, 9.17) is 21.1 Å². The van der Waals surface area contributed by atoms with Gasteiger partial charge in [-0.1, -0.05) is 11.6 Å². The van der Waals surface area contributed by atoms with Crippen LogP contribution in [0.25, 0.3) is 11.0 Å². The van der Waals surface area contributed by atoms with Crippen molar-refractivity contribution in [2.75, 3.05) is 45.3 Å². The second-order valence-electron chi connectivity index (χ2n) is 6.64. The maximum absolute atomic E-state index is 6.23. The number of hydrogen-bond acceptors (Lipinski definition) is 5. The molecule has 4 rings (SSSR count). The highest BCUT2D eigenvalue weighted by Crippen LogP contribution is 2.38. The molecule has 1 N–H and O–H groups in total. The summed E-state index contributed by atoms with van der Waals surface area (Å²) in [5.74, 6) is 1.44. The predicted molar refractivity (Wildman–Crippen MR) is 108 cm³/mol. The van der Waals surface area contributed by atoms with Gasteiger partial charge < -0.3 is 19.4 Å². The number of fused-ring (bicyclic) bond motifs is 1. The van der Waals surface area contributed by atoms with Crippen LogP contribution in [0.3, 0.4) is 0 Å². The highest BCUT2D eigenvalue weighted by atomic mass is 35.5. The normalized spacial score (nSPS) is 15.3. The van der Waals surface area contributed by atoms with Crippen molar-refractivity contribution in [2.45, 2.75) is 6.54 Å². The number of halogens is 1. The quantitative estimate of drug-likeness (QED) is 0.726. The SMILES string of the molecule is COc1cc(N2CCN(Cc3c[nH]c4ncccc34)CC2)c(OC)cc1Cl. The molecule has 1 aliphatic heterocycles. The molecule has 6 nitrogen and oxygen atoms in total. The van der Waals surface area contributed by atoms with Crippen LogP contribution in [0.5, 0.6) is 11.5 Å². The number of anilines is 1. The summed E-state index contributed by atoms with van der Waals surface area (Å²) in [4.78, 5) is 12.4. The molecule has 0 spiro atoms. The molecule has 7 heteroatoms. The third-order valence-corrected chi connectivity index (χ3v) is 5.39. The highest BCUT2D eigenvalue weighted by Gasteiger charge is 2.22. The number of hydrogen-bond donors (Lipinski definition) is 1. The molecule has 1 aromatic carbocycles. The first-order valence-corrected chi connectivity index (χ1v) is 9.37. The number of pyridine rings is 1. The number of ether oxygens (including phenoxy) is 2. The van der Waals surface area contributed by atoms with E-state index in [0.29, 0.717) is 10.8 Å². The first-order chi connectivity index (χ1) is 13.2. The summed E-state index contributed by atoms with van der Waals surface area (Å²) in [6.07, 6.45) is 3.88. The topological polar surface area (TPSA) is 53.6 Å². The third kappa shape index (κ3) is 3.55. The largest absolute Gasteiger partial charge is 0.495 e. The number of benzene rings is 1. The van der Waals surface area contributed by atoms with Crippen LogP contribution in [0.1, 0.15) is 5.56 Å². The standard InChI is InChI=1S/C20H23ClN4O2/c1-26-18-11-17(19(27-2)10-16(18)21)25-8-6-24(7-9-25)13-14-12-23-20-15(14)4-3-5-22-20/h3-5,10-12H,6-9,13H2,1-2H3,(H,22,23). The Morgan fingerprint density at radius 3 is 2.63 bits per heavy atom. The van der Waals surface area contributed by atoms with Crippen molar-refractivity contribution < 1.29 is 9.47 Å². The zero-order valence-electron chi connectivity index (χ0n) is 15.5. The Bertz CT molecular complexity index is 935. The van der Waals surface area contributed by atoms with Crippen molar-refractivity contribution in [3.63, 3.8) is 0 Å². The zero-order chi connectivity index (χ0) is 18.8. The Kier molecular flexibility index (Phi) is 5.09. The molecule has 0 atom stereocenters. The monoisotopic (exact) mass is 386 g/mol. The molecular formula is C20H23ClN4O2. The van der Waals surface area contributed by atoms with E-state index >= 15 is 0 Å². The van der Waals surface area contributed by atoms with Gasteiger partial charge in [-0.2, -0.15) is 0 Å². The van der Waals surface area contributed by atoms with Gasteiger partial charge in [0.1, 0.15) is 17.1 Å². The lowest BCUT2D eigenvalue weighted by molar-refractivity contribution is 0.250. The Balaban J connectivity index is 1.46. The first-order valence-electron chi connectivity index (χ1n) is 8.99. The smallest absolute Gasteiger partial charge is 0.143 e. The molecular weight excluding hydrogens is 364 g/mol. The second-order valence-corrected chi connectivity index (χ2v) is 7.04. The lowest BCUT2D eigenvalue weighted by atomic mass is 10.1. The molecule has 1 saturated heterocycles. The van der Waals surface area contributed by atoms with Gasteiger partial charge in [-0.05, 0) is 17.7 Å². The summed E-state index contributed by atoms with van der Waals surface area (Å²) in [7, 11) is 3.30. The molecule has 0 bridgehead atoms. The summed E-state index contributed by atoms with van der Waals surface area (Å²) in [6, 6.07) is 7.89. The van der Waals surface area contributed by atoms with Crippen LogP contribution < -0.4 is 14.4 Å². The number of aromatic nitrogens is 2. The maximum atomic E-state index is 6.23. The fraction of sp³-hybridized carbons (Fsp3) is 0.350. The van der Waals surface area contributed by atoms with Crippen molar-refractivity contribution in [3.8, 4) is 11.5 Å². The van der Waals surface area contributed by atoms with Crippen molar-refractivity contribution in [1.82, 2.24) is 14.9 Å². The van der Waals surface area contributed by atoms with E-state index in [0.717, 1.165) is 49.8 Å². The fourth-order valence-corrected chi connectivity index (χ4v) is 3.85. The minimum absolute atomic E-state index is 0.560. The molecule has 0 saturated carbocycles. The van der Waals surface area contributed by atoms with Gasteiger partial charge in [-0.15, -0.1) is 0 Å². The molecule has 0 amide bonds. The van der Waals surface area contributed by atoms with E-state index in [1.54, 1.807) is 14.2 Å². The van der Waals surface area contributed by atoms with Crippen LogP contribution in [0.15, 0.2) is 36.7 Å². The summed E-state index contributed by atoms with van der Waals surface area (Å²) in [6.45, 7) is 4.70. The van der Waals surface area contributed by atoms with Crippen LogP contribution in [0.4, 0.5) is 5.69 Å². The van der Waals surface area contributed by atoms with E-state index in [2.05, 4.69) is 32.0 Å². The summed E-state index contributed by atoms with van der Waals surface area (Å²) < 4.78 is 10.9. The number of methoxy groups -OCH3 is 2. The Morgan fingerprint density at radius 2 is 1.89 bits per heavy atom. The number of aromatic amines is 1. The van der Waals surface area contributed by atoms with Gasteiger partial charge in [0.25, 0.3) is 0 Å². The summed E-state index contributed by atoms with van der Waals surface area (Å²) in [5, 5.41) is 1.76. The van der Waals surface area contributed by atoms with Crippen molar-refractivity contribution in [3.05, 3.63) is 47.2 Å². The number of rotatable bonds is 5. The Hall–Kier alpha value is -2.44. The lowest BCUT2D eigenvalue weighted by Crippen LogP contribution is -2.46. The molecule has 2 aromatic heterocycles. The minimum atomic E-state index is 0.560. The van der Waals surface area contributed by atoms with Gasteiger partial charge in [0.15, 0.2) is 0 Å². The Labute approximate surface area is 163 Å². The number of nitrogens with zero attached hydrogens (tertiary/aromatic N) is 3. The van der Waals surface area contributed by atoms with Crippen molar-refractivity contribution in [2.24, 2.45) is 0 Å². The summed E-state index contributed by atoms with van der Waals surface area (Å²) >= 11 is 6.23. The van der Waals surface area contributed by atoms with E-state index in [-0.39, 0.29) is 0 Å². The molecule has 0 radical (unpaired) electrons. The average Bonchev–Trinajstić information content (AvgIpc) is 3.11. The average molecular weight is 387 g/mol. The van der Waals surface area contributed by atoms with Crippen LogP contribution in [-0.2, 0) is 6.54 Å². The first kappa shape index (κ1) is 17.9. The van der Waals surface area contributed by atoms with Crippen LogP contribution in [0, 0.1) is 0 Å². The second kappa shape index (κ2) is 7.66. The fourth-order valence-electron chi connectivity index (χ4n) is 3.62. The number of nitrogens with one attached hydrogen (secondary N) is 1. The van der Waals surface area contributed by atoms with E-state index < -0.39 is 0 Å². The third-order valence-electron chi connectivity index (χ3n) is 5.10.